The first kappa shape index (κ1) is 30.8. The molecule has 41 heavy (non-hydrogen) atoms. The SMILES string of the molecule is CC[C@H](C(=O)NC1CCCC1)N(Cc1ccc(F)cc1)C(=O)CN(c1cccc(Cl)c1Cl)S(=O)(=O)c1ccccc1. The van der Waals surface area contributed by atoms with Crippen LogP contribution in [0.4, 0.5) is 10.1 Å². The van der Waals surface area contributed by atoms with Crippen LogP contribution < -0.4 is 9.62 Å². The lowest BCUT2D eigenvalue weighted by atomic mass is 10.1. The maximum atomic E-state index is 14.1. The molecule has 4 rings (SSSR count). The van der Waals surface area contributed by atoms with Crippen molar-refractivity contribution in [2.24, 2.45) is 0 Å². The van der Waals surface area contributed by atoms with Gasteiger partial charge in [-0.15, -0.1) is 0 Å². The first-order chi connectivity index (χ1) is 19.6. The lowest BCUT2D eigenvalue weighted by Crippen LogP contribution is -2.53. The third kappa shape index (κ3) is 7.39. The second-order valence-corrected chi connectivity index (χ2v) is 12.6. The Morgan fingerprint density at radius 3 is 2.27 bits per heavy atom. The monoisotopic (exact) mass is 619 g/mol. The van der Waals surface area contributed by atoms with E-state index < -0.39 is 34.3 Å². The molecule has 0 saturated heterocycles. The molecule has 0 aromatic heterocycles. The third-order valence-electron chi connectivity index (χ3n) is 7.16. The van der Waals surface area contributed by atoms with Gasteiger partial charge in [-0.1, -0.05) is 79.4 Å². The van der Waals surface area contributed by atoms with Crippen LogP contribution in [0.1, 0.15) is 44.6 Å². The van der Waals surface area contributed by atoms with E-state index in [2.05, 4.69) is 5.32 Å². The normalized spacial score (nSPS) is 14.4. The Balaban J connectivity index is 1.73. The van der Waals surface area contributed by atoms with Crippen molar-refractivity contribution >= 4 is 50.7 Å². The van der Waals surface area contributed by atoms with Crippen LogP contribution >= 0.6 is 23.2 Å². The number of hydrogen-bond donors (Lipinski definition) is 1. The number of rotatable bonds is 11. The van der Waals surface area contributed by atoms with E-state index in [9.17, 15) is 22.4 Å². The molecule has 0 heterocycles. The summed E-state index contributed by atoms with van der Waals surface area (Å²) in [4.78, 5) is 28.9. The van der Waals surface area contributed by atoms with E-state index in [-0.39, 0.29) is 45.5 Å². The predicted octanol–water partition coefficient (Wildman–Crippen LogP) is 6.19. The Hall–Kier alpha value is -3.14. The molecule has 0 radical (unpaired) electrons. The lowest BCUT2D eigenvalue weighted by molar-refractivity contribution is -0.140. The van der Waals surface area contributed by atoms with Gasteiger partial charge in [0.05, 0.1) is 20.6 Å². The van der Waals surface area contributed by atoms with Gasteiger partial charge in [-0.2, -0.15) is 0 Å². The van der Waals surface area contributed by atoms with Crippen LogP contribution in [0.2, 0.25) is 10.0 Å². The molecule has 11 heteroatoms. The topological polar surface area (TPSA) is 86.8 Å². The van der Waals surface area contributed by atoms with Gasteiger partial charge in [0.15, 0.2) is 0 Å². The zero-order valence-corrected chi connectivity index (χ0v) is 24.9. The Morgan fingerprint density at radius 2 is 1.63 bits per heavy atom. The molecule has 3 aromatic rings. The highest BCUT2D eigenvalue weighted by Crippen LogP contribution is 2.35. The number of hydrogen-bond acceptors (Lipinski definition) is 4. The van der Waals surface area contributed by atoms with E-state index in [4.69, 9.17) is 23.2 Å². The van der Waals surface area contributed by atoms with Crippen molar-refractivity contribution in [3.05, 3.63) is 94.2 Å². The summed E-state index contributed by atoms with van der Waals surface area (Å²) in [5.41, 5.74) is 0.617. The highest BCUT2D eigenvalue weighted by Gasteiger charge is 2.35. The highest BCUT2D eigenvalue weighted by molar-refractivity contribution is 7.92. The van der Waals surface area contributed by atoms with Crippen LogP contribution in [-0.4, -0.2) is 43.8 Å². The van der Waals surface area contributed by atoms with Crippen LogP contribution in [0.5, 0.6) is 0 Å². The largest absolute Gasteiger partial charge is 0.352 e. The zero-order chi connectivity index (χ0) is 29.6. The minimum Gasteiger partial charge on any atom is -0.352 e. The number of anilines is 1. The molecule has 1 fully saturated rings. The van der Waals surface area contributed by atoms with Gasteiger partial charge in [0.25, 0.3) is 10.0 Å². The van der Waals surface area contributed by atoms with E-state index in [1.165, 1.54) is 53.4 Å². The van der Waals surface area contributed by atoms with E-state index in [0.29, 0.717) is 5.56 Å². The molecule has 1 atom stereocenters. The minimum atomic E-state index is -4.28. The average molecular weight is 621 g/mol. The first-order valence-electron chi connectivity index (χ1n) is 13.5. The van der Waals surface area contributed by atoms with Crippen LogP contribution in [0.15, 0.2) is 77.7 Å². The number of carbonyl (C=O) groups is 2. The van der Waals surface area contributed by atoms with Crippen molar-refractivity contribution in [3.8, 4) is 0 Å². The summed E-state index contributed by atoms with van der Waals surface area (Å²) in [6.45, 7) is 1.11. The van der Waals surface area contributed by atoms with E-state index in [0.717, 1.165) is 30.0 Å². The van der Waals surface area contributed by atoms with E-state index in [1.54, 1.807) is 31.2 Å². The Labute approximate surface area is 250 Å². The molecule has 1 aliphatic rings. The van der Waals surface area contributed by atoms with Crippen LogP contribution in [0, 0.1) is 5.82 Å². The van der Waals surface area contributed by atoms with E-state index in [1.807, 2.05) is 0 Å². The number of amides is 2. The summed E-state index contributed by atoms with van der Waals surface area (Å²) in [6.07, 6.45) is 4.06. The first-order valence-corrected chi connectivity index (χ1v) is 15.7. The lowest BCUT2D eigenvalue weighted by Gasteiger charge is -2.34. The fourth-order valence-electron chi connectivity index (χ4n) is 4.99. The van der Waals surface area contributed by atoms with Crippen molar-refractivity contribution in [2.75, 3.05) is 10.8 Å². The summed E-state index contributed by atoms with van der Waals surface area (Å²) in [6, 6.07) is 17.0. The second kappa shape index (κ2) is 13.7. The maximum Gasteiger partial charge on any atom is 0.264 e. The number of halogens is 3. The van der Waals surface area contributed by atoms with Crippen molar-refractivity contribution < 1.29 is 22.4 Å². The Bertz CT molecular complexity index is 1470. The molecule has 0 unspecified atom stereocenters. The third-order valence-corrected chi connectivity index (χ3v) is 9.75. The Morgan fingerprint density at radius 1 is 0.976 bits per heavy atom. The molecule has 7 nitrogen and oxygen atoms in total. The quantitative estimate of drug-likeness (QED) is 0.277. The summed E-state index contributed by atoms with van der Waals surface area (Å²) in [7, 11) is -4.28. The van der Waals surface area contributed by atoms with Gasteiger partial charge in [0.2, 0.25) is 11.8 Å². The number of nitrogens with zero attached hydrogens (tertiary/aromatic N) is 2. The minimum absolute atomic E-state index is 0.0274. The summed E-state index contributed by atoms with van der Waals surface area (Å²) in [5.74, 6) is -1.38. The molecule has 0 aliphatic heterocycles. The molecule has 1 saturated carbocycles. The summed E-state index contributed by atoms with van der Waals surface area (Å²) < 4.78 is 42.3. The molecule has 218 valence electrons. The summed E-state index contributed by atoms with van der Waals surface area (Å²) >= 11 is 12.7. The number of nitrogens with one attached hydrogen (secondary N) is 1. The van der Waals surface area contributed by atoms with Crippen LogP contribution in [0.25, 0.3) is 0 Å². The van der Waals surface area contributed by atoms with Gasteiger partial charge in [0.1, 0.15) is 18.4 Å². The maximum absolute atomic E-state index is 14.1. The van der Waals surface area contributed by atoms with Crippen LogP contribution in [-0.2, 0) is 26.2 Å². The molecule has 0 bridgehead atoms. The average Bonchev–Trinajstić information content (AvgIpc) is 3.47. The number of sulfonamides is 1. The molecular weight excluding hydrogens is 588 g/mol. The van der Waals surface area contributed by atoms with Crippen molar-refractivity contribution in [1.82, 2.24) is 10.2 Å². The number of carbonyl (C=O) groups excluding carboxylic acids is 2. The van der Waals surface area contributed by atoms with Crippen molar-refractivity contribution in [3.63, 3.8) is 0 Å². The second-order valence-electron chi connectivity index (χ2n) is 9.96. The van der Waals surface area contributed by atoms with Gasteiger partial charge in [0, 0.05) is 12.6 Å². The van der Waals surface area contributed by atoms with Crippen molar-refractivity contribution in [1.29, 1.82) is 0 Å². The molecule has 1 aliphatic carbocycles. The molecular formula is C30H32Cl2FN3O4S. The van der Waals surface area contributed by atoms with Gasteiger partial charge in [-0.25, -0.2) is 12.8 Å². The molecule has 0 spiro atoms. The van der Waals surface area contributed by atoms with Crippen molar-refractivity contribution in [2.45, 2.75) is 62.6 Å². The number of benzene rings is 3. The molecule has 3 aromatic carbocycles. The smallest absolute Gasteiger partial charge is 0.264 e. The fourth-order valence-corrected chi connectivity index (χ4v) is 6.89. The van der Waals surface area contributed by atoms with E-state index >= 15 is 0 Å². The van der Waals surface area contributed by atoms with Gasteiger partial charge in [-0.3, -0.25) is 13.9 Å². The Kier molecular flexibility index (Phi) is 10.3. The summed E-state index contributed by atoms with van der Waals surface area (Å²) in [5, 5.41) is 3.15. The molecule has 1 N–H and O–H groups in total. The van der Waals surface area contributed by atoms with Gasteiger partial charge >= 0.3 is 0 Å². The highest BCUT2D eigenvalue weighted by atomic mass is 35.5. The molecule has 2 amide bonds. The van der Waals surface area contributed by atoms with Crippen LogP contribution in [0.3, 0.4) is 0 Å². The fraction of sp³-hybridized carbons (Fsp3) is 0.333. The zero-order valence-electron chi connectivity index (χ0n) is 22.6. The standard InChI is InChI=1S/C30H32Cl2FN3O4S/c1-2-26(30(38)34-23-9-6-7-10-23)35(19-21-15-17-22(33)18-16-21)28(37)20-36(27-14-8-13-25(31)29(27)32)41(39,40)24-11-4-3-5-12-24/h3-5,8,11-18,23,26H,2,6-7,9-10,19-20H2,1H3,(H,34,38)/t26-/m1/s1. The predicted molar refractivity (Wildman–Crippen MR) is 159 cm³/mol. The van der Waals surface area contributed by atoms with Gasteiger partial charge < -0.3 is 10.2 Å². The van der Waals surface area contributed by atoms with Gasteiger partial charge in [-0.05, 0) is 61.2 Å².